The van der Waals surface area contributed by atoms with E-state index in [9.17, 15) is 0 Å². The molecule has 0 saturated carbocycles. The minimum absolute atomic E-state index is 0.0808. The molecule has 18 heteroatoms. The SMILES string of the molecule is CCCCCC1c2cc3c4c(C)c2OCOc2c1cc1c5c2CNC(=O)CCCCCOc2ccccc2-c2c6nc(c(-c7ccccc7)c7ccc([nH]7)c(c7nc(c(-c8ccccc8)c8ccc2[nH]8)C=C7)-c2ccccc2OCCCCCC(=O)NCc2c(c(cc7c2OCOc2c(cc(c(c2C)OCO5)C1CCCCC)C7CCCCC)C3CCCCC)OCO4)C=C6. The van der Waals surface area contributed by atoms with Gasteiger partial charge in [-0.2, -0.15) is 0 Å². The second-order valence-corrected chi connectivity index (χ2v) is 36.0. The van der Waals surface area contributed by atoms with Crippen LogP contribution in [-0.2, 0) is 22.7 Å². The number of benzene rings is 8. The number of unbranched alkanes of at least 4 members (excludes halogenated alkanes) is 8. The molecule has 0 radical (unpaired) electrons. The summed E-state index contributed by atoms with van der Waals surface area (Å²) in [5, 5.41) is 6.96. The predicted molar refractivity (Wildman–Crippen MR) is 516 cm³/mol. The fourth-order valence-electron chi connectivity index (χ4n) is 21.1. The average molecular weight is 1740 g/mol. The zero-order valence-corrected chi connectivity index (χ0v) is 76.1. The van der Waals surface area contributed by atoms with Crippen LogP contribution < -0.4 is 58.0 Å². The van der Waals surface area contributed by atoms with Crippen molar-refractivity contribution in [3.8, 4) is 102 Å². The van der Waals surface area contributed by atoms with Gasteiger partial charge in [0.05, 0.1) is 60.2 Å². The lowest BCUT2D eigenvalue weighted by atomic mass is 9.74. The van der Waals surface area contributed by atoms with Crippen LogP contribution in [0.5, 0.6) is 57.5 Å². The van der Waals surface area contributed by atoms with Gasteiger partial charge in [0.15, 0.2) is 0 Å². The number of amides is 2. The summed E-state index contributed by atoms with van der Waals surface area (Å²) in [4.78, 5) is 49.3. The highest BCUT2D eigenvalue weighted by Crippen LogP contribution is 2.59. The van der Waals surface area contributed by atoms with Gasteiger partial charge in [-0.3, -0.25) is 9.59 Å². The topological polar surface area (TPSA) is 208 Å². The van der Waals surface area contributed by atoms with E-state index < -0.39 is 0 Å². The summed E-state index contributed by atoms with van der Waals surface area (Å²) in [6.07, 6.45) is 28.2. The number of nitrogens with one attached hydrogen (secondary N) is 4. The van der Waals surface area contributed by atoms with Crippen molar-refractivity contribution in [2.45, 2.75) is 232 Å². The molecule has 3 aromatic heterocycles. The average Bonchev–Trinajstić information content (AvgIpc) is 1.61. The van der Waals surface area contributed by atoms with Gasteiger partial charge in [-0.25, -0.2) is 9.97 Å². The van der Waals surface area contributed by atoms with E-state index in [1.54, 1.807) is 0 Å². The molecule has 0 spiro atoms. The number of fused-ring (bicyclic) bond motifs is 20. The molecule has 2 amide bonds. The van der Waals surface area contributed by atoms with E-state index in [1.165, 1.54) is 0 Å². The van der Waals surface area contributed by atoms with Crippen LogP contribution in [0.25, 0.3) is 90.9 Å². The summed E-state index contributed by atoms with van der Waals surface area (Å²) in [5.74, 6) is 5.83. The number of rotatable bonds is 18. The van der Waals surface area contributed by atoms with Crippen molar-refractivity contribution in [2.24, 2.45) is 0 Å². The molecule has 24 bridgehead atoms. The molecular formula is C112H120N6O12. The predicted octanol–water partition coefficient (Wildman–Crippen LogP) is 26.8. The number of H-pyrrole nitrogens is 2. The monoisotopic (exact) mass is 1740 g/mol. The zero-order chi connectivity index (χ0) is 88.6. The summed E-state index contributed by atoms with van der Waals surface area (Å²) >= 11 is 0. The summed E-state index contributed by atoms with van der Waals surface area (Å²) in [6, 6.07) is 55.7. The van der Waals surface area contributed by atoms with Crippen LogP contribution in [0.4, 0.5) is 0 Å². The summed E-state index contributed by atoms with van der Waals surface area (Å²) in [7, 11) is 0. The fourth-order valence-corrected chi connectivity index (χ4v) is 21.1. The van der Waals surface area contributed by atoms with Gasteiger partial charge in [-0.1, -0.05) is 202 Å². The lowest BCUT2D eigenvalue weighted by Crippen LogP contribution is -2.28. The molecule has 4 atom stereocenters. The maximum Gasteiger partial charge on any atom is 0.230 e. The molecule has 0 aliphatic carbocycles. The van der Waals surface area contributed by atoms with Crippen molar-refractivity contribution < 1.29 is 57.0 Å². The van der Waals surface area contributed by atoms with Gasteiger partial charge >= 0.3 is 0 Å². The van der Waals surface area contributed by atoms with E-state index in [2.05, 4.69) is 208 Å². The number of carbonyl (C=O) groups excluding carboxylic acids is 2. The first-order valence-corrected chi connectivity index (χ1v) is 48.1. The molecule has 8 aliphatic heterocycles. The number of aromatic amines is 2. The molecule has 4 N–H and O–H groups in total. The molecule has 8 aromatic carbocycles. The maximum absolute atomic E-state index is 15.0. The highest BCUT2D eigenvalue weighted by molar-refractivity contribution is 6.01. The van der Waals surface area contributed by atoms with E-state index in [-0.39, 0.29) is 88.6 Å². The van der Waals surface area contributed by atoms with Crippen LogP contribution in [0, 0.1) is 13.8 Å². The lowest BCUT2D eigenvalue weighted by Gasteiger charge is -2.37. The number of carbonyl (C=O) groups is 2. The quantitative estimate of drug-likeness (QED) is 0.0590. The Morgan fingerprint density at radius 3 is 0.938 bits per heavy atom. The molecule has 670 valence electrons. The normalized spacial score (nSPS) is 17.6. The third-order valence-electron chi connectivity index (χ3n) is 27.5. The molecule has 19 rings (SSSR count). The van der Waals surface area contributed by atoms with E-state index in [0.29, 0.717) is 73.4 Å². The Labute approximate surface area is 763 Å². The molecule has 130 heavy (non-hydrogen) atoms. The fraction of sp³-hybridized carbons (Fsp3) is 0.375. The van der Waals surface area contributed by atoms with Crippen LogP contribution in [0.15, 0.2) is 158 Å². The molecule has 18 nitrogen and oxygen atoms in total. The lowest BCUT2D eigenvalue weighted by molar-refractivity contribution is -0.122. The van der Waals surface area contributed by atoms with Gasteiger partial charge in [0.25, 0.3) is 0 Å². The second-order valence-electron chi connectivity index (χ2n) is 36.0. The number of hydrogen-bond donors (Lipinski definition) is 4. The smallest absolute Gasteiger partial charge is 0.230 e. The van der Waals surface area contributed by atoms with Crippen LogP contribution in [0.2, 0.25) is 0 Å². The number of aromatic nitrogens is 4. The molecule has 8 aliphatic rings. The van der Waals surface area contributed by atoms with E-state index >= 15 is 9.59 Å². The van der Waals surface area contributed by atoms with Crippen molar-refractivity contribution in [3.63, 3.8) is 0 Å². The Morgan fingerprint density at radius 2 is 0.608 bits per heavy atom. The van der Waals surface area contributed by atoms with Crippen LogP contribution in [-0.4, -0.2) is 72.1 Å². The molecule has 0 fully saturated rings. The number of ether oxygens (including phenoxy) is 10. The Morgan fingerprint density at radius 1 is 0.315 bits per heavy atom. The highest BCUT2D eigenvalue weighted by Gasteiger charge is 2.42. The maximum atomic E-state index is 15.0. The van der Waals surface area contributed by atoms with Crippen molar-refractivity contribution in [3.05, 3.63) is 247 Å². The minimum atomic E-state index is -0.248. The van der Waals surface area contributed by atoms with Crippen molar-refractivity contribution in [1.29, 1.82) is 0 Å². The van der Waals surface area contributed by atoms with Gasteiger partial charge in [-0.05, 0) is 174 Å². The van der Waals surface area contributed by atoms with Crippen LogP contribution in [0.3, 0.4) is 0 Å². The Bertz CT molecular complexity index is 5760. The number of hydrogen-bond acceptors (Lipinski definition) is 14. The zero-order valence-electron chi connectivity index (χ0n) is 76.1. The largest absolute Gasteiger partial charge is 0.493 e. The minimum Gasteiger partial charge on any atom is -0.493 e. The Hall–Kier alpha value is -12.7. The first-order chi connectivity index (χ1) is 64.0. The summed E-state index contributed by atoms with van der Waals surface area (Å²) in [5.41, 5.74) is 25.6. The van der Waals surface area contributed by atoms with Crippen LogP contribution in [0.1, 0.15) is 295 Å². The molecule has 11 aromatic rings. The first-order valence-electron chi connectivity index (χ1n) is 48.1. The Kier molecular flexibility index (Phi) is 26.5. The van der Waals surface area contributed by atoms with E-state index in [4.69, 9.17) is 57.3 Å². The van der Waals surface area contributed by atoms with E-state index in [1.807, 2.05) is 36.4 Å². The van der Waals surface area contributed by atoms with Crippen LogP contribution >= 0.6 is 0 Å². The second kappa shape index (κ2) is 39.7. The summed E-state index contributed by atoms with van der Waals surface area (Å²) < 4.78 is 71.5. The van der Waals surface area contributed by atoms with Crippen molar-refractivity contribution in [2.75, 3.05) is 40.4 Å². The third-order valence-corrected chi connectivity index (χ3v) is 27.5. The molecule has 4 unspecified atom stereocenters. The van der Waals surface area contributed by atoms with Gasteiger partial charge in [0, 0.05) is 148 Å². The molecule has 11 heterocycles. The first kappa shape index (κ1) is 86.7. The van der Waals surface area contributed by atoms with Gasteiger partial charge in [0.1, 0.15) is 57.5 Å². The standard InChI is InChI=1S/C112H120N6O12/c1-7-11-19-39-73-79-59-80-74(40-20-12-8-2)85-62-86-76(42-22-14-10-4)82-60-81-75(41-21-13-9-3)84-61-83(73)109-87-63-113-99(119)47-27-17-33-57-121-97-45-31-29-43-77(97)103-93-53-49-89(115-93)101(71-35-23-15-24-36-71)91-51-55-95(117-91)104(96-56-52-92(118-96)102(72-37-25-16-26-38-72)90-50-54-94(103)116-90)78-44-30-32-46-98(78)122-58-34-18-28-48-100(120)114-64-88(111(85)129-66-124-106(80)69(5)105(79)123-65-127-109)112(86)130-68-126-108(82)70(6)107(81)125-67-128-110(84)87/h15-16,23-26,29-32,35-38,43-46,49-56,59-62,73-76,115,118H,7-14,17-22,27-28,33-34,39-42,47-48,57-58,63-68H2,1-6H3,(H,113,119)(H,114,120). The van der Waals surface area contributed by atoms with Crippen molar-refractivity contribution >= 4 is 58.2 Å². The van der Waals surface area contributed by atoms with E-state index in [0.717, 1.165) is 295 Å². The molecular weight excluding hydrogens is 1620 g/mol. The Balaban J connectivity index is 0.771. The molecule has 0 saturated heterocycles. The number of nitrogens with zero attached hydrogens (tertiary/aromatic N) is 2. The highest BCUT2D eigenvalue weighted by atomic mass is 16.7. The van der Waals surface area contributed by atoms with Gasteiger partial charge in [0.2, 0.25) is 39.0 Å². The van der Waals surface area contributed by atoms with Gasteiger partial charge < -0.3 is 68.0 Å². The third kappa shape index (κ3) is 17.5. The van der Waals surface area contributed by atoms with Gasteiger partial charge in [-0.15, -0.1) is 0 Å². The number of para-hydroxylation sites is 2. The van der Waals surface area contributed by atoms with Crippen molar-refractivity contribution in [1.82, 2.24) is 30.6 Å². The summed E-state index contributed by atoms with van der Waals surface area (Å²) in [6.45, 7) is 13.9.